The lowest BCUT2D eigenvalue weighted by Gasteiger charge is -2.11. The summed E-state index contributed by atoms with van der Waals surface area (Å²) in [6.45, 7) is 2.20. The van der Waals surface area contributed by atoms with E-state index in [2.05, 4.69) is 126 Å². The van der Waals surface area contributed by atoms with E-state index in [9.17, 15) is 0 Å². The van der Waals surface area contributed by atoms with Crippen molar-refractivity contribution in [2.75, 3.05) is 5.32 Å². The number of aryl methyl sites for hydroxylation is 1. The first-order valence-electron chi connectivity index (χ1n) is 11.0. The zero-order valence-electron chi connectivity index (χ0n) is 17.9. The number of aromatic nitrogens is 1. The minimum Gasteiger partial charge on any atom is -0.355 e. The Balaban J connectivity index is 1.70. The van der Waals surface area contributed by atoms with Crippen molar-refractivity contribution < 1.29 is 4.57 Å². The molecule has 32 heavy (non-hydrogen) atoms. The first-order chi connectivity index (χ1) is 15.8. The number of fused-ring (bicyclic) bond motifs is 4. The molecule has 1 N–H and O–H groups in total. The number of nitrogens with one attached hydrogen (secondary N) is 1. The van der Waals surface area contributed by atoms with Crippen molar-refractivity contribution >= 4 is 44.0 Å². The van der Waals surface area contributed by atoms with E-state index >= 15 is 0 Å². The summed E-state index contributed by atoms with van der Waals surface area (Å²) in [6.07, 6.45) is 0. The first-order valence-corrected chi connectivity index (χ1v) is 11.0. The first kappa shape index (κ1) is 18.6. The fraction of sp³-hybridized carbons (Fsp3) is 0.0333. The number of pyridine rings is 1. The van der Waals surface area contributed by atoms with Crippen LogP contribution in [0.1, 0.15) is 5.56 Å². The van der Waals surface area contributed by atoms with Crippen LogP contribution in [0.4, 0.5) is 11.4 Å². The predicted octanol–water partition coefficient (Wildman–Crippen LogP) is 7.47. The molecule has 0 saturated heterocycles. The molecule has 0 bridgehead atoms. The maximum absolute atomic E-state index is 3.55. The molecule has 0 unspecified atom stereocenters. The van der Waals surface area contributed by atoms with Gasteiger partial charge in [0.05, 0.1) is 5.39 Å². The molecule has 0 atom stereocenters. The maximum atomic E-state index is 3.55. The molecule has 0 aliphatic rings. The van der Waals surface area contributed by atoms with Crippen molar-refractivity contribution in [1.29, 1.82) is 0 Å². The summed E-state index contributed by atoms with van der Waals surface area (Å²) in [7, 11) is 0. The Hall–Kier alpha value is -4.17. The highest BCUT2D eigenvalue weighted by Gasteiger charge is 2.20. The quantitative estimate of drug-likeness (QED) is 0.181. The van der Waals surface area contributed by atoms with Gasteiger partial charge in [0.15, 0.2) is 0 Å². The summed E-state index contributed by atoms with van der Waals surface area (Å²) in [6, 6.07) is 40.9. The Kier molecular flexibility index (Phi) is 4.36. The average Bonchev–Trinajstić information content (AvgIpc) is 2.84. The van der Waals surface area contributed by atoms with Gasteiger partial charge in [-0.25, -0.2) is 0 Å². The van der Waals surface area contributed by atoms with Crippen molar-refractivity contribution in [2.24, 2.45) is 0 Å². The minimum atomic E-state index is 1.07. The van der Waals surface area contributed by atoms with E-state index in [4.69, 9.17) is 0 Å². The van der Waals surface area contributed by atoms with Crippen molar-refractivity contribution in [3.8, 4) is 5.69 Å². The van der Waals surface area contributed by atoms with E-state index < -0.39 is 0 Å². The number of benzene rings is 5. The third-order valence-electron chi connectivity index (χ3n) is 6.16. The van der Waals surface area contributed by atoms with Crippen LogP contribution >= 0.6 is 0 Å². The van der Waals surface area contributed by atoms with Crippen LogP contribution in [0.15, 0.2) is 115 Å². The van der Waals surface area contributed by atoms with E-state index in [-0.39, 0.29) is 0 Å². The second-order valence-electron chi connectivity index (χ2n) is 8.25. The van der Waals surface area contributed by atoms with Gasteiger partial charge in [-0.2, -0.15) is 4.57 Å². The lowest BCUT2D eigenvalue weighted by Crippen LogP contribution is -2.32. The van der Waals surface area contributed by atoms with Gasteiger partial charge in [0.1, 0.15) is 0 Å². The smallest absolute Gasteiger partial charge is 0.221 e. The summed E-state index contributed by atoms with van der Waals surface area (Å²) in [5, 5.41) is 8.64. The Morgan fingerprint density at radius 3 is 2.00 bits per heavy atom. The fourth-order valence-corrected chi connectivity index (χ4v) is 4.66. The van der Waals surface area contributed by atoms with Crippen LogP contribution in [0.5, 0.6) is 0 Å². The van der Waals surface area contributed by atoms with Crippen molar-refractivity contribution in [2.45, 2.75) is 6.92 Å². The summed E-state index contributed by atoms with van der Waals surface area (Å²) >= 11 is 0. The molecule has 0 aliphatic carbocycles. The van der Waals surface area contributed by atoms with Crippen LogP contribution in [-0.2, 0) is 0 Å². The Morgan fingerprint density at radius 2 is 1.22 bits per heavy atom. The summed E-state index contributed by atoms with van der Waals surface area (Å²) in [5.41, 5.74) is 7.01. The topological polar surface area (TPSA) is 15.9 Å². The zero-order valence-corrected chi connectivity index (χ0v) is 17.9. The van der Waals surface area contributed by atoms with Gasteiger partial charge in [-0.1, -0.05) is 60.7 Å². The Labute approximate surface area is 187 Å². The van der Waals surface area contributed by atoms with E-state index in [1.54, 1.807) is 0 Å². The molecule has 0 fully saturated rings. The lowest BCUT2D eigenvalue weighted by atomic mass is 9.98. The maximum Gasteiger partial charge on any atom is 0.221 e. The highest BCUT2D eigenvalue weighted by atomic mass is 15.0. The van der Waals surface area contributed by atoms with E-state index in [1.807, 2.05) is 6.07 Å². The molecule has 6 rings (SSSR count). The summed E-state index contributed by atoms with van der Waals surface area (Å²) < 4.78 is 2.39. The Morgan fingerprint density at radius 1 is 0.531 bits per heavy atom. The number of para-hydroxylation sites is 2. The second-order valence-corrected chi connectivity index (χ2v) is 8.25. The number of rotatable bonds is 3. The number of anilines is 2. The van der Waals surface area contributed by atoms with Gasteiger partial charge < -0.3 is 5.32 Å². The van der Waals surface area contributed by atoms with E-state index in [1.165, 1.54) is 38.1 Å². The largest absolute Gasteiger partial charge is 0.355 e. The van der Waals surface area contributed by atoms with Crippen LogP contribution < -0.4 is 9.88 Å². The monoisotopic (exact) mass is 411 g/mol. The molecule has 2 nitrogen and oxygen atoms in total. The molecule has 1 aromatic heterocycles. The van der Waals surface area contributed by atoms with Crippen LogP contribution in [0.3, 0.4) is 0 Å². The van der Waals surface area contributed by atoms with Gasteiger partial charge in [0, 0.05) is 41.0 Å². The molecule has 5 aromatic carbocycles. The summed E-state index contributed by atoms with van der Waals surface area (Å²) in [4.78, 5) is 0. The van der Waals surface area contributed by atoms with Gasteiger partial charge >= 0.3 is 0 Å². The molecule has 152 valence electrons. The third kappa shape index (κ3) is 3.09. The lowest BCUT2D eigenvalue weighted by molar-refractivity contribution is -0.537. The molecule has 0 spiro atoms. The van der Waals surface area contributed by atoms with Crippen LogP contribution in [-0.4, -0.2) is 0 Å². The SMILES string of the molecule is Cc1cc2c(cc3ccc(Nc4ccccc4)cc3[n+]2-c2ccccc2)c2ccccc12. The molecule has 6 aromatic rings. The molecule has 0 amide bonds. The van der Waals surface area contributed by atoms with Crippen LogP contribution in [0, 0.1) is 6.92 Å². The molecule has 2 heteroatoms. The minimum absolute atomic E-state index is 1.07. The van der Waals surface area contributed by atoms with E-state index in [0.29, 0.717) is 0 Å². The van der Waals surface area contributed by atoms with Gasteiger partial charge in [0.25, 0.3) is 0 Å². The zero-order chi connectivity index (χ0) is 21.5. The highest BCUT2D eigenvalue weighted by Crippen LogP contribution is 2.31. The Bertz CT molecular complexity index is 1590. The second kappa shape index (κ2) is 7.51. The van der Waals surface area contributed by atoms with Gasteiger partial charge in [-0.3, -0.25) is 0 Å². The molecular formula is C30H23N2+. The van der Waals surface area contributed by atoms with Crippen LogP contribution in [0.2, 0.25) is 0 Å². The third-order valence-corrected chi connectivity index (χ3v) is 6.16. The predicted molar refractivity (Wildman–Crippen MR) is 135 cm³/mol. The normalized spacial score (nSPS) is 11.3. The van der Waals surface area contributed by atoms with Gasteiger partial charge in [-0.15, -0.1) is 0 Å². The van der Waals surface area contributed by atoms with Crippen molar-refractivity contribution in [1.82, 2.24) is 0 Å². The fourth-order valence-electron chi connectivity index (χ4n) is 4.66. The van der Waals surface area contributed by atoms with E-state index in [0.717, 1.165) is 17.1 Å². The van der Waals surface area contributed by atoms with Crippen molar-refractivity contribution in [3.05, 3.63) is 121 Å². The molecule has 0 saturated carbocycles. The number of hydrogen-bond donors (Lipinski definition) is 1. The van der Waals surface area contributed by atoms with Gasteiger partial charge in [0.2, 0.25) is 16.7 Å². The molecule has 0 radical (unpaired) electrons. The number of hydrogen-bond acceptors (Lipinski definition) is 1. The molecular weight excluding hydrogens is 388 g/mol. The molecule has 0 aliphatic heterocycles. The summed E-state index contributed by atoms with van der Waals surface area (Å²) in [5.74, 6) is 0. The average molecular weight is 412 g/mol. The molecule has 1 heterocycles. The van der Waals surface area contributed by atoms with Crippen LogP contribution in [0.25, 0.3) is 38.3 Å². The van der Waals surface area contributed by atoms with Crippen molar-refractivity contribution in [3.63, 3.8) is 0 Å². The highest BCUT2D eigenvalue weighted by molar-refractivity contribution is 6.09. The number of nitrogens with zero attached hydrogens (tertiary/aromatic N) is 1. The van der Waals surface area contributed by atoms with Gasteiger partial charge in [-0.05, 0) is 53.6 Å². The standard InChI is InChI=1S/C30H22N2/c1-21-18-30-28(27-15-9-8-14-26(21)27)19-22-16-17-24(31-23-10-4-2-5-11-23)20-29(22)32(30)25-12-6-3-7-13-25/h2-20H,1H3/p+1.